The van der Waals surface area contributed by atoms with Gasteiger partial charge in [-0.25, -0.2) is 5.43 Å². The molecule has 2 aromatic rings. The van der Waals surface area contributed by atoms with Gasteiger partial charge in [0.2, 0.25) is 5.91 Å². The van der Waals surface area contributed by atoms with Crippen LogP contribution in [-0.2, 0) is 4.79 Å². The van der Waals surface area contributed by atoms with Crippen molar-refractivity contribution in [3.63, 3.8) is 0 Å². The van der Waals surface area contributed by atoms with E-state index in [0.29, 0.717) is 56.2 Å². The minimum Gasteiger partial charge on any atom is -0.490 e. The van der Waals surface area contributed by atoms with E-state index in [1.54, 1.807) is 11.1 Å². The summed E-state index contributed by atoms with van der Waals surface area (Å²) in [5, 5.41) is 4.11. The number of carbonyl (C=O) groups is 2. The average Bonchev–Trinajstić information content (AvgIpc) is 2.84. The summed E-state index contributed by atoms with van der Waals surface area (Å²) in [4.78, 5) is 26.9. The summed E-state index contributed by atoms with van der Waals surface area (Å²) < 4.78 is 11.4. The molecule has 0 spiro atoms. The predicted molar refractivity (Wildman–Crippen MR) is 124 cm³/mol. The van der Waals surface area contributed by atoms with E-state index < -0.39 is 0 Å². The zero-order valence-corrected chi connectivity index (χ0v) is 18.8. The molecule has 170 valence electrons. The van der Waals surface area contributed by atoms with Gasteiger partial charge in [0.15, 0.2) is 11.5 Å². The summed E-state index contributed by atoms with van der Waals surface area (Å²) in [5.74, 6) is 1.09. The van der Waals surface area contributed by atoms with Crippen LogP contribution in [0, 0.1) is 5.92 Å². The molecular formula is C25H31N3O4. The SMILES string of the molecule is CCCOc1ccc(/C=N\NC(=O)C2CCN(C(=O)c3ccccc3)CC2)cc1OCC. The van der Waals surface area contributed by atoms with Crippen molar-refractivity contribution in [2.45, 2.75) is 33.1 Å². The minimum atomic E-state index is -0.157. The van der Waals surface area contributed by atoms with Gasteiger partial charge in [0.25, 0.3) is 5.91 Å². The van der Waals surface area contributed by atoms with Crippen molar-refractivity contribution in [3.8, 4) is 11.5 Å². The average molecular weight is 438 g/mol. The summed E-state index contributed by atoms with van der Waals surface area (Å²) in [5.41, 5.74) is 4.12. The van der Waals surface area contributed by atoms with Crippen LogP contribution in [0.25, 0.3) is 0 Å². The summed E-state index contributed by atoms with van der Waals surface area (Å²) in [6.07, 6.45) is 3.76. The van der Waals surface area contributed by atoms with Crippen molar-refractivity contribution in [1.29, 1.82) is 0 Å². The van der Waals surface area contributed by atoms with Gasteiger partial charge in [0, 0.05) is 24.6 Å². The van der Waals surface area contributed by atoms with Crippen molar-refractivity contribution < 1.29 is 19.1 Å². The fourth-order valence-corrected chi connectivity index (χ4v) is 3.57. The number of benzene rings is 2. The van der Waals surface area contributed by atoms with Crippen LogP contribution in [0.3, 0.4) is 0 Å². The molecule has 0 aromatic heterocycles. The Morgan fingerprint density at radius 2 is 1.81 bits per heavy atom. The zero-order chi connectivity index (χ0) is 22.8. The lowest BCUT2D eigenvalue weighted by molar-refractivity contribution is -0.126. The second-order valence-electron chi connectivity index (χ2n) is 7.65. The van der Waals surface area contributed by atoms with Gasteiger partial charge in [0.1, 0.15) is 0 Å². The van der Waals surface area contributed by atoms with E-state index in [0.717, 1.165) is 12.0 Å². The maximum atomic E-state index is 12.5. The molecule has 0 aliphatic carbocycles. The van der Waals surface area contributed by atoms with Crippen LogP contribution >= 0.6 is 0 Å². The molecule has 3 rings (SSSR count). The standard InChI is InChI=1S/C25H31N3O4/c1-3-16-32-22-11-10-19(17-23(22)31-4-2)18-26-27-24(29)20-12-14-28(15-13-20)25(30)21-8-6-5-7-9-21/h5-11,17-18,20H,3-4,12-16H2,1-2H3,(H,27,29)/b26-18-. The first-order valence-electron chi connectivity index (χ1n) is 11.2. The Balaban J connectivity index is 1.50. The molecule has 0 unspecified atom stereocenters. The lowest BCUT2D eigenvalue weighted by Gasteiger charge is -2.31. The Labute approximate surface area is 189 Å². The molecule has 1 saturated heterocycles. The molecule has 7 nitrogen and oxygen atoms in total. The molecule has 1 N–H and O–H groups in total. The number of amides is 2. The quantitative estimate of drug-likeness (QED) is 0.477. The Bertz CT molecular complexity index is 922. The molecular weight excluding hydrogens is 406 g/mol. The first kappa shape index (κ1) is 23.3. The van der Waals surface area contributed by atoms with E-state index >= 15 is 0 Å². The van der Waals surface area contributed by atoms with Gasteiger partial charge in [-0.2, -0.15) is 5.10 Å². The maximum absolute atomic E-state index is 12.5. The molecule has 0 saturated carbocycles. The number of likely N-dealkylation sites (tertiary alicyclic amines) is 1. The van der Waals surface area contributed by atoms with Gasteiger partial charge in [-0.15, -0.1) is 0 Å². The third-order valence-electron chi connectivity index (χ3n) is 5.29. The molecule has 2 aromatic carbocycles. The van der Waals surface area contributed by atoms with Gasteiger partial charge in [-0.1, -0.05) is 25.1 Å². The highest BCUT2D eigenvalue weighted by molar-refractivity contribution is 5.94. The van der Waals surface area contributed by atoms with Crippen LogP contribution in [-0.4, -0.2) is 49.2 Å². The van der Waals surface area contributed by atoms with E-state index in [-0.39, 0.29) is 17.7 Å². The van der Waals surface area contributed by atoms with Crippen molar-refractivity contribution in [2.75, 3.05) is 26.3 Å². The summed E-state index contributed by atoms with van der Waals surface area (Å²) in [7, 11) is 0. The summed E-state index contributed by atoms with van der Waals surface area (Å²) >= 11 is 0. The molecule has 32 heavy (non-hydrogen) atoms. The van der Waals surface area contributed by atoms with E-state index in [2.05, 4.69) is 17.5 Å². The van der Waals surface area contributed by atoms with Gasteiger partial charge < -0.3 is 14.4 Å². The smallest absolute Gasteiger partial charge is 0.253 e. The Morgan fingerprint density at radius 1 is 1.06 bits per heavy atom. The fraction of sp³-hybridized carbons (Fsp3) is 0.400. The number of hydrogen-bond donors (Lipinski definition) is 1. The molecule has 0 atom stereocenters. The van der Waals surface area contributed by atoms with E-state index in [1.165, 1.54) is 0 Å². The minimum absolute atomic E-state index is 0.0129. The third kappa shape index (κ3) is 6.33. The number of hydrazone groups is 1. The van der Waals surface area contributed by atoms with Crippen LogP contribution in [0.4, 0.5) is 0 Å². The molecule has 1 heterocycles. The van der Waals surface area contributed by atoms with Crippen molar-refractivity contribution in [3.05, 3.63) is 59.7 Å². The Kier molecular flexibility index (Phi) is 8.66. The fourth-order valence-electron chi connectivity index (χ4n) is 3.57. The second-order valence-corrected chi connectivity index (χ2v) is 7.65. The lowest BCUT2D eigenvalue weighted by Crippen LogP contribution is -2.42. The maximum Gasteiger partial charge on any atom is 0.253 e. The number of ether oxygens (including phenoxy) is 2. The van der Waals surface area contributed by atoms with Crippen LogP contribution in [0.2, 0.25) is 0 Å². The van der Waals surface area contributed by atoms with E-state index in [4.69, 9.17) is 9.47 Å². The van der Waals surface area contributed by atoms with E-state index in [9.17, 15) is 9.59 Å². The lowest BCUT2D eigenvalue weighted by atomic mass is 9.95. The molecule has 1 aliphatic heterocycles. The number of nitrogens with one attached hydrogen (secondary N) is 1. The highest BCUT2D eigenvalue weighted by Crippen LogP contribution is 2.28. The summed E-state index contributed by atoms with van der Waals surface area (Å²) in [6, 6.07) is 14.8. The van der Waals surface area contributed by atoms with Crippen molar-refractivity contribution >= 4 is 18.0 Å². The number of piperidine rings is 1. The Morgan fingerprint density at radius 3 is 2.50 bits per heavy atom. The van der Waals surface area contributed by atoms with Crippen LogP contribution in [0.15, 0.2) is 53.6 Å². The van der Waals surface area contributed by atoms with Gasteiger partial charge in [-0.05, 0) is 62.1 Å². The zero-order valence-electron chi connectivity index (χ0n) is 18.8. The normalized spacial score (nSPS) is 14.4. The number of rotatable bonds is 9. The Hall–Kier alpha value is -3.35. The van der Waals surface area contributed by atoms with Crippen LogP contribution in [0.1, 0.15) is 49.0 Å². The van der Waals surface area contributed by atoms with Crippen molar-refractivity contribution in [2.24, 2.45) is 11.0 Å². The molecule has 0 bridgehead atoms. The largest absolute Gasteiger partial charge is 0.490 e. The molecule has 1 fully saturated rings. The van der Waals surface area contributed by atoms with Gasteiger partial charge in [0.05, 0.1) is 19.4 Å². The molecule has 0 radical (unpaired) electrons. The predicted octanol–water partition coefficient (Wildman–Crippen LogP) is 3.88. The van der Waals surface area contributed by atoms with Crippen LogP contribution in [0.5, 0.6) is 11.5 Å². The first-order valence-corrected chi connectivity index (χ1v) is 11.2. The highest BCUT2D eigenvalue weighted by Gasteiger charge is 2.27. The highest BCUT2D eigenvalue weighted by atomic mass is 16.5. The monoisotopic (exact) mass is 437 g/mol. The molecule has 2 amide bonds. The third-order valence-corrected chi connectivity index (χ3v) is 5.29. The van der Waals surface area contributed by atoms with Gasteiger partial charge in [-0.3, -0.25) is 9.59 Å². The van der Waals surface area contributed by atoms with Crippen LogP contribution < -0.4 is 14.9 Å². The molecule has 1 aliphatic rings. The van der Waals surface area contributed by atoms with Crippen molar-refractivity contribution in [1.82, 2.24) is 10.3 Å². The van der Waals surface area contributed by atoms with Gasteiger partial charge >= 0.3 is 0 Å². The number of nitrogens with zero attached hydrogens (tertiary/aromatic N) is 2. The molecule has 7 heteroatoms. The summed E-state index contributed by atoms with van der Waals surface area (Å²) in [6.45, 7) is 6.25. The topological polar surface area (TPSA) is 80.2 Å². The second kappa shape index (κ2) is 11.9. The number of hydrogen-bond acceptors (Lipinski definition) is 5. The number of carbonyl (C=O) groups excluding carboxylic acids is 2. The van der Waals surface area contributed by atoms with E-state index in [1.807, 2.05) is 55.5 Å². The first-order chi connectivity index (χ1) is 15.6.